The van der Waals surface area contributed by atoms with Crippen molar-refractivity contribution < 1.29 is 9.90 Å². The maximum absolute atomic E-state index is 9.37. The van der Waals surface area contributed by atoms with Crippen LogP contribution in [0, 0.1) is 28.6 Å². The van der Waals surface area contributed by atoms with Gasteiger partial charge in [0.15, 0.2) is 0 Å². The molecule has 3 fully saturated rings. The first kappa shape index (κ1) is 19.7. The maximum atomic E-state index is 9.37. The fourth-order valence-corrected chi connectivity index (χ4v) is 6.99. The van der Waals surface area contributed by atoms with Gasteiger partial charge in [-0.3, -0.25) is 4.79 Å². The molecule has 26 heavy (non-hydrogen) atoms. The number of nitrogens with two attached hydrogens (primary N) is 1. The first-order valence-corrected chi connectivity index (χ1v) is 10.6. The van der Waals surface area contributed by atoms with E-state index >= 15 is 0 Å². The number of primary amides is 1. The van der Waals surface area contributed by atoms with Crippen LogP contribution in [0.4, 0.5) is 0 Å². The van der Waals surface area contributed by atoms with Gasteiger partial charge in [-0.05, 0) is 80.0 Å². The highest BCUT2D eigenvalue weighted by atomic mass is 16.2. The number of fused-ring (bicyclic) bond motifs is 5. The Labute approximate surface area is 159 Å². The van der Waals surface area contributed by atoms with Gasteiger partial charge in [0.1, 0.15) is 0 Å². The van der Waals surface area contributed by atoms with Gasteiger partial charge < -0.3 is 10.8 Å². The predicted molar refractivity (Wildman–Crippen MR) is 106 cm³/mol. The lowest BCUT2D eigenvalue weighted by molar-refractivity contribution is -0.115. The number of amides is 1. The van der Waals surface area contributed by atoms with E-state index in [2.05, 4.69) is 31.7 Å². The zero-order valence-corrected chi connectivity index (χ0v) is 16.9. The zero-order chi connectivity index (χ0) is 18.9. The second kappa shape index (κ2) is 7.50. The van der Waals surface area contributed by atoms with Crippen LogP contribution in [0.1, 0.15) is 78.6 Å². The Morgan fingerprint density at radius 3 is 2.58 bits per heavy atom. The largest absolute Gasteiger partial charge is 0.392 e. The first-order valence-electron chi connectivity index (χ1n) is 10.6. The normalized spacial score (nSPS) is 42.7. The summed E-state index contributed by atoms with van der Waals surface area (Å²) in [6.07, 6.45) is 17.1. The van der Waals surface area contributed by atoms with Crippen LogP contribution in [-0.2, 0) is 4.79 Å². The third-order valence-corrected chi connectivity index (χ3v) is 8.20. The summed E-state index contributed by atoms with van der Waals surface area (Å²) in [6.45, 7) is 6.63. The molecule has 3 nitrogen and oxygen atoms in total. The number of aliphatic hydroxyl groups is 1. The summed E-state index contributed by atoms with van der Waals surface area (Å²) in [5.41, 5.74) is 8.77. The van der Waals surface area contributed by atoms with Crippen molar-refractivity contribution in [2.24, 2.45) is 34.3 Å². The molecule has 5 atom stereocenters. The summed E-state index contributed by atoms with van der Waals surface area (Å²) in [5.74, 6) is 2.36. The lowest BCUT2D eigenvalue weighted by Crippen LogP contribution is -2.48. The minimum Gasteiger partial charge on any atom is -0.392 e. The van der Waals surface area contributed by atoms with Gasteiger partial charge in [-0.1, -0.05) is 43.6 Å². The molecule has 0 aromatic heterocycles. The average Bonchev–Trinajstić information content (AvgIpc) is 2.91. The van der Waals surface area contributed by atoms with Crippen molar-refractivity contribution in [3.8, 4) is 0 Å². The van der Waals surface area contributed by atoms with Crippen molar-refractivity contribution in [1.29, 1.82) is 0 Å². The van der Waals surface area contributed by atoms with Gasteiger partial charge in [-0.2, -0.15) is 0 Å². The van der Waals surface area contributed by atoms with Crippen LogP contribution in [0.25, 0.3) is 0 Å². The fourth-order valence-electron chi connectivity index (χ4n) is 6.99. The molecule has 0 aromatic carbocycles. The van der Waals surface area contributed by atoms with Crippen LogP contribution in [0.15, 0.2) is 23.3 Å². The number of allylic oxidation sites excluding steroid dienone is 3. The molecule has 0 saturated heterocycles. The molecule has 0 heterocycles. The number of carbonyl (C=O) groups is 1. The van der Waals surface area contributed by atoms with Crippen molar-refractivity contribution in [2.45, 2.75) is 78.6 Å². The van der Waals surface area contributed by atoms with E-state index in [1.165, 1.54) is 64.7 Å². The molecule has 0 unspecified atom stereocenters. The van der Waals surface area contributed by atoms with Gasteiger partial charge in [0, 0.05) is 6.92 Å². The van der Waals surface area contributed by atoms with Gasteiger partial charge in [-0.25, -0.2) is 0 Å². The molecule has 146 valence electrons. The molecule has 4 rings (SSSR count). The highest BCUT2D eigenvalue weighted by molar-refractivity contribution is 5.70. The lowest BCUT2D eigenvalue weighted by atomic mass is 9.48. The number of rotatable bonds is 1. The molecular weight excluding hydrogens is 322 g/mol. The Balaban J connectivity index is 0.000000447. The molecule has 0 aliphatic heterocycles. The topological polar surface area (TPSA) is 63.3 Å². The quantitative estimate of drug-likeness (QED) is 0.664. The molecule has 3 heteroatoms. The Bertz CT molecular complexity index is 603. The lowest BCUT2D eigenvalue weighted by Gasteiger charge is -2.57. The zero-order valence-electron chi connectivity index (χ0n) is 16.9. The van der Waals surface area contributed by atoms with Crippen molar-refractivity contribution >= 4 is 5.91 Å². The van der Waals surface area contributed by atoms with Gasteiger partial charge in [-0.15, -0.1) is 0 Å². The predicted octanol–water partition coefficient (Wildman–Crippen LogP) is 4.75. The third kappa shape index (κ3) is 3.28. The molecule has 4 aliphatic rings. The van der Waals surface area contributed by atoms with E-state index in [9.17, 15) is 9.90 Å². The summed E-state index contributed by atoms with van der Waals surface area (Å²) in [4.78, 5) is 9.22. The summed E-state index contributed by atoms with van der Waals surface area (Å²) in [7, 11) is 0. The standard InChI is InChI=1S/C21H32O.C2H5NO/c1-20-12-4-3-5-15(20)6-8-17-18-9-7-16(11-14-22)21(18,2)13-10-19(17)20;1-2(3)4/h6,11,17-19,22H,3-5,7-10,12-14H2,1-2H3;1H3,(H2,3,4)/t17-,18-,19-,20-,21+;/m0./s1. The number of aliphatic hydroxyl groups excluding tert-OH is 1. The summed E-state index contributed by atoms with van der Waals surface area (Å²) >= 11 is 0. The van der Waals surface area contributed by atoms with Crippen LogP contribution in [-0.4, -0.2) is 17.6 Å². The van der Waals surface area contributed by atoms with Crippen LogP contribution >= 0.6 is 0 Å². The Hall–Kier alpha value is -1.09. The smallest absolute Gasteiger partial charge is 0.214 e. The summed E-state index contributed by atoms with van der Waals surface area (Å²) in [6, 6.07) is 0. The van der Waals surface area contributed by atoms with E-state index < -0.39 is 0 Å². The molecule has 3 saturated carbocycles. The second-order valence-electron chi connectivity index (χ2n) is 9.48. The Morgan fingerprint density at radius 2 is 1.88 bits per heavy atom. The number of hydrogen-bond donors (Lipinski definition) is 2. The van der Waals surface area contributed by atoms with Crippen LogP contribution in [0.5, 0.6) is 0 Å². The summed E-state index contributed by atoms with van der Waals surface area (Å²) < 4.78 is 0. The minimum absolute atomic E-state index is 0.230. The Kier molecular flexibility index (Phi) is 5.67. The van der Waals surface area contributed by atoms with Crippen LogP contribution < -0.4 is 5.73 Å². The van der Waals surface area contributed by atoms with Gasteiger partial charge in [0.25, 0.3) is 0 Å². The SMILES string of the molecule is CC(N)=O.C[C@]12CCCCC1=CC[C@@H]1[C@@H]2CC[C@]2(C)C(=CCO)CC[C@@H]12. The van der Waals surface area contributed by atoms with Crippen LogP contribution in [0.3, 0.4) is 0 Å². The van der Waals surface area contributed by atoms with E-state index in [-0.39, 0.29) is 12.5 Å². The molecule has 0 spiro atoms. The monoisotopic (exact) mass is 359 g/mol. The van der Waals surface area contributed by atoms with Crippen molar-refractivity contribution in [3.63, 3.8) is 0 Å². The van der Waals surface area contributed by atoms with Gasteiger partial charge in [0.2, 0.25) is 5.91 Å². The van der Waals surface area contributed by atoms with Crippen molar-refractivity contribution in [3.05, 3.63) is 23.3 Å². The minimum atomic E-state index is -0.333. The maximum Gasteiger partial charge on any atom is 0.214 e. The number of carbonyl (C=O) groups excluding carboxylic acids is 1. The highest BCUT2D eigenvalue weighted by Gasteiger charge is 2.56. The van der Waals surface area contributed by atoms with Gasteiger partial charge >= 0.3 is 0 Å². The molecular formula is C23H37NO2. The molecule has 0 aromatic rings. The first-order chi connectivity index (χ1) is 12.3. The molecule has 3 N–H and O–H groups in total. The van der Waals surface area contributed by atoms with E-state index in [0.717, 1.165) is 17.8 Å². The molecule has 0 radical (unpaired) electrons. The van der Waals surface area contributed by atoms with Crippen LogP contribution in [0.2, 0.25) is 0 Å². The average molecular weight is 360 g/mol. The molecule has 4 aliphatic carbocycles. The fraction of sp³-hybridized carbons (Fsp3) is 0.783. The number of hydrogen-bond acceptors (Lipinski definition) is 2. The highest BCUT2D eigenvalue weighted by Crippen LogP contribution is 2.66. The van der Waals surface area contributed by atoms with Gasteiger partial charge in [0.05, 0.1) is 6.61 Å². The Morgan fingerprint density at radius 1 is 1.19 bits per heavy atom. The van der Waals surface area contributed by atoms with E-state index in [1.807, 2.05) is 5.57 Å². The van der Waals surface area contributed by atoms with Crippen molar-refractivity contribution in [1.82, 2.24) is 0 Å². The van der Waals surface area contributed by atoms with E-state index in [1.54, 1.807) is 5.57 Å². The summed E-state index contributed by atoms with van der Waals surface area (Å²) in [5, 5.41) is 9.37. The second-order valence-corrected chi connectivity index (χ2v) is 9.48. The molecule has 1 amide bonds. The van der Waals surface area contributed by atoms with E-state index in [0.29, 0.717) is 10.8 Å². The molecule has 0 bridgehead atoms. The third-order valence-electron chi connectivity index (χ3n) is 8.20. The van der Waals surface area contributed by atoms with E-state index in [4.69, 9.17) is 0 Å². The van der Waals surface area contributed by atoms with Crippen molar-refractivity contribution in [2.75, 3.05) is 6.61 Å².